The molecule has 1 heterocycles. The first kappa shape index (κ1) is 12.2. The van der Waals surface area contributed by atoms with E-state index >= 15 is 0 Å². The maximum atomic E-state index is 11.9. The maximum absolute atomic E-state index is 11.9. The zero-order valence-corrected chi connectivity index (χ0v) is 11.5. The second kappa shape index (κ2) is 4.74. The van der Waals surface area contributed by atoms with E-state index in [1.54, 1.807) is 0 Å². The van der Waals surface area contributed by atoms with Crippen LogP contribution in [0.3, 0.4) is 0 Å². The van der Waals surface area contributed by atoms with Crippen LogP contribution in [-0.4, -0.2) is 5.97 Å². The molecule has 0 fully saturated rings. The van der Waals surface area contributed by atoms with Gasteiger partial charge in [-0.1, -0.05) is 60.7 Å². The third kappa shape index (κ3) is 2.09. The van der Waals surface area contributed by atoms with E-state index in [9.17, 15) is 4.79 Å². The largest absolute Gasteiger partial charge is 0.454 e. The fraction of sp³-hybridized carbons (Fsp3) is 0.105. The van der Waals surface area contributed by atoms with Crippen LogP contribution >= 0.6 is 0 Å². The highest BCUT2D eigenvalue weighted by Gasteiger charge is 2.30. The minimum absolute atomic E-state index is 0.171. The van der Waals surface area contributed by atoms with Crippen molar-refractivity contribution in [1.29, 1.82) is 0 Å². The van der Waals surface area contributed by atoms with Crippen molar-refractivity contribution in [2.24, 2.45) is 0 Å². The number of fused-ring (bicyclic) bond motifs is 2. The summed E-state index contributed by atoms with van der Waals surface area (Å²) in [6.07, 6.45) is 0.544. The fourth-order valence-corrected chi connectivity index (χ4v) is 2.95. The highest BCUT2D eigenvalue weighted by atomic mass is 16.5. The summed E-state index contributed by atoms with van der Waals surface area (Å²) in [6, 6.07) is 22.3. The maximum Gasteiger partial charge on any atom is 0.339 e. The third-order valence-corrected chi connectivity index (χ3v) is 4.01. The molecule has 0 spiro atoms. The quantitative estimate of drug-likeness (QED) is 0.651. The molecule has 0 amide bonds. The number of rotatable bonds is 2. The van der Waals surface area contributed by atoms with Crippen LogP contribution < -0.4 is 0 Å². The summed E-state index contributed by atoms with van der Waals surface area (Å²) in [5.41, 5.74) is 2.88. The Labute approximate surface area is 123 Å². The molecule has 0 saturated carbocycles. The second-order valence-electron chi connectivity index (χ2n) is 5.37. The molecule has 2 nitrogen and oxygen atoms in total. The summed E-state index contributed by atoms with van der Waals surface area (Å²) in [7, 11) is 0. The molecular weight excluding hydrogens is 260 g/mol. The Morgan fingerprint density at radius 3 is 2.52 bits per heavy atom. The van der Waals surface area contributed by atoms with Crippen molar-refractivity contribution in [3.63, 3.8) is 0 Å². The standard InChI is InChI=1S/C19H14O2/c20-19-17-8-4-3-7-16(17)18(21-19)12-13-9-10-14-5-1-2-6-15(14)11-13/h1-11,18H,12H2/t18-/m0/s1. The topological polar surface area (TPSA) is 26.3 Å². The van der Waals surface area contributed by atoms with Gasteiger partial charge in [0.25, 0.3) is 0 Å². The van der Waals surface area contributed by atoms with E-state index in [1.807, 2.05) is 36.4 Å². The molecule has 0 saturated heterocycles. The number of hydrogen-bond acceptors (Lipinski definition) is 2. The van der Waals surface area contributed by atoms with Crippen LogP contribution in [0.4, 0.5) is 0 Å². The van der Waals surface area contributed by atoms with Crippen LogP contribution in [0.5, 0.6) is 0 Å². The molecule has 102 valence electrons. The molecule has 1 aliphatic rings. The Hall–Kier alpha value is -2.61. The van der Waals surface area contributed by atoms with Gasteiger partial charge in [-0.15, -0.1) is 0 Å². The fourth-order valence-electron chi connectivity index (χ4n) is 2.95. The van der Waals surface area contributed by atoms with Crippen LogP contribution in [0.15, 0.2) is 66.7 Å². The zero-order chi connectivity index (χ0) is 14.2. The molecule has 0 bridgehead atoms. The van der Waals surface area contributed by atoms with Gasteiger partial charge in [0.15, 0.2) is 0 Å². The van der Waals surface area contributed by atoms with Crippen molar-refractivity contribution >= 4 is 16.7 Å². The van der Waals surface area contributed by atoms with E-state index in [4.69, 9.17) is 4.74 Å². The first-order valence-corrected chi connectivity index (χ1v) is 7.09. The second-order valence-corrected chi connectivity index (χ2v) is 5.37. The molecular formula is C19H14O2. The minimum Gasteiger partial charge on any atom is -0.454 e. The number of ether oxygens (including phenoxy) is 1. The van der Waals surface area contributed by atoms with Crippen molar-refractivity contribution in [2.45, 2.75) is 12.5 Å². The number of carbonyl (C=O) groups excluding carboxylic acids is 1. The number of carbonyl (C=O) groups is 1. The van der Waals surface area contributed by atoms with Gasteiger partial charge in [-0.2, -0.15) is 0 Å². The number of hydrogen-bond donors (Lipinski definition) is 0. The summed E-state index contributed by atoms with van der Waals surface area (Å²) in [6.45, 7) is 0. The van der Waals surface area contributed by atoms with Crippen LogP contribution in [0, 0.1) is 0 Å². The molecule has 3 aromatic rings. The molecule has 0 aromatic heterocycles. The molecule has 0 radical (unpaired) electrons. The van der Waals surface area contributed by atoms with Gasteiger partial charge in [-0.05, 0) is 22.4 Å². The Kier molecular flexibility index (Phi) is 2.74. The number of benzene rings is 3. The Morgan fingerprint density at radius 2 is 1.62 bits per heavy atom. The molecule has 3 aromatic carbocycles. The lowest BCUT2D eigenvalue weighted by molar-refractivity contribution is 0.0387. The molecule has 21 heavy (non-hydrogen) atoms. The highest BCUT2D eigenvalue weighted by Crippen LogP contribution is 2.33. The van der Waals surface area contributed by atoms with Crippen LogP contribution in [0.1, 0.15) is 27.6 Å². The normalized spacial score (nSPS) is 16.8. The molecule has 2 heteroatoms. The van der Waals surface area contributed by atoms with E-state index in [1.165, 1.54) is 16.3 Å². The van der Waals surface area contributed by atoms with Crippen LogP contribution in [0.2, 0.25) is 0 Å². The molecule has 0 N–H and O–H groups in total. The summed E-state index contributed by atoms with van der Waals surface area (Å²) in [4.78, 5) is 11.9. The van der Waals surface area contributed by atoms with Gasteiger partial charge >= 0.3 is 5.97 Å². The van der Waals surface area contributed by atoms with Crippen molar-refractivity contribution in [3.8, 4) is 0 Å². The van der Waals surface area contributed by atoms with Crippen LogP contribution in [-0.2, 0) is 11.2 Å². The Bertz CT molecular complexity index is 836. The van der Waals surface area contributed by atoms with Gasteiger partial charge in [-0.25, -0.2) is 4.79 Å². The summed E-state index contributed by atoms with van der Waals surface area (Å²) in [5.74, 6) is -0.212. The lowest BCUT2D eigenvalue weighted by Gasteiger charge is -2.11. The lowest BCUT2D eigenvalue weighted by Crippen LogP contribution is -2.02. The predicted octanol–water partition coefficient (Wildman–Crippen LogP) is 4.29. The monoisotopic (exact) mass is 274 g/mol. The number of cyclic esters (lactones) is 1. The highest BCUT2D eigenvalue weighted by molar-refractivity contribution is 5.94. The first-order chi connectivity index (χ1) is 10.3. The molecule has 0 aliphatic carbocycles. The summed E-state index contributed by atoms with van der Waals surface area (Å²) in [5, 5.41) is 2.44. The SMILES string of the molecule is O=C1O[C@@H](Cc2ccc3ccccc3c2)c2ccccc21. The third-order valence-electron chi connectivity index (χ3n) is 4.01. The van der Waals surface area contributed by atoms with Gasteiger partial charge in [0.2, 0.25) is 0 Å². The Balaban J connectivity index is 1.68. The van der Waals surface area contributed by atoms with E-state index in [0.29, 0.717) is 12.0 Å². The van der Waals surface area contributed by atoms with E-state index < -0.39 is 0 Å². The van der Waals surface area contributed by atoms with Crippen molar-refractivity contribution in [2.75, 3.05) is 0 Å². The average Bonchev–Trinajstić information content (AvgIpc) is 2.84. The predicted molar refractivity (Wildman–Crippen MR) is 82.3 cm³/mol. The van der Waals surface area contributed by atoms with Gasteiger partial charge < -0.3 is 4.74 Å². The van der Waals surface area contributed by atoms with E-state index in [0.717, 1.165) is 5.56 Å². The van der Waals surface area contributed by atoms with Gasteiger partial charge in [0, 0.05) is 12.0 Å². The average molecular weight is 274 g/mol. The first-order valence-electron chi connectivity index (χ1n) is 7.09. The Morgan fingerprint density at radius 1 is 0.857 bits per heavy atom. The van der Waals surface area contributed by atoms with E-state index in [2.05, 4.69) is 30.3 Å². The van der Waals surface area contributed by atoms with Gasteiger partial charge in [-0.3, -0.25) is 0 Å². The lowest BCUT2D eigenvalue weighted by atomic mass is 9.98. The van der Waals surface area contributed by atoms with E-state index in [-0.39, 0.29) is 12.1 Å². The van der Waals surface area contributed by atoms with Crippen molar-refractivity contribution in [3.05, 3.63) is 83.4 Å². The summed E-state index contributed by atoms with van der Waals surface area (Å²) >= 11 is 0. The molecule has 1 aliphatic heterocycles. The van der Waals surface area contributed by atoms with Crippen LogP contribution in [0.25, 0.3) is 10.8 Å². The molecule has 4 rings (SSSR count). The van der Waals surface area contributed by atoms with Crippen molar-refractivity contribution < 1.29 is 9.53 Å². The smallest absolute Gasteiger partial charge is 0.339 e. The minimum atomic E-state index is -0.212. The molecule has 1 atom stereocenters. The van der Waals surface area contributed by atoms with Gasteiger partial charge in [0.05, 0.1) is 5.56 Å². The van der Waals surface area contributed by atoms with Gasteiger partial charge in [0.1, 0.15) is 6.10 Å². The zero-order valence-electron chi connectivity index (χ0n) is 11.5. The number of esters is 1. The van der Waals surface area contributed by atoms with Crippen molar-refractivity contribution in [1.82, 2.24) is 0 Å². The summed E-state index contributed by atoms with van der Waals surface area (Å²) < 4.78 is 5.51. The molecule has 0 unspecified atom stereocenters.